The van der Waals surface area contributed by atoms with E-state index in [1.54, 1.807) is 6.07 Å². The van der Waals surface area contributed by atoms with Crippen LogP contribution in [-0.2, 0) is 6.61 Å². The van der Waals surface area contributed by atoms with E-state index >= 15 is 0 Å². The molecule has 0 radical (unpaired) electrons. The van der Waals surface area contributed by atoms with Crippen molar-refractivity contribution in [3.63, 3.8) is 0 Å². The summed E-state index contributed by atoms with van der Waals surface area (Å²) in [4.78, 5) is 0. The predicted molar refractivity (Wildman–Crippen MR) is 71.2 cm³/mol. The van der Waals surface area contributed by atoms with Gasteiger partial charge in [0.05, 0.1) is 12.7 Å². The van der Waals surface area contributed by atoms with E-state index in [1.165, 1.54) is 31.4 Å². The maximum atomic E-state index is 13.0. The number of hydrogen-bond donors (Lipinski definition) is 1. The normalized spacial score (nSPS) is 12.4. The third kappa shape index (κ3) is 5.05. The Labute approximate surface area is 109 Å². The molecule has 0 bridgehead atoms. The molecule has 0 spiro atoms. The van der Waals surface area contributed by atoms with Crippen molar-refractivity contribution >= 4 is 0 Å². The summed E-state index contributed by atoms with van der Waals surface area (Å²) in [6, 6.07) is 4.26. The molecular formula is C15H23FO2. The first-order valence-electron chi connectivity index (χ1n) is 6.73. The van der Waals surface area contributed by atoms with Crippen LogP contribution in [0.1, 0.15) is 51.5 Å². The third-order valence-corrected chi connectivity index (χ3v) is 2.99. The highest BCUT2D eigenvalue weighted by molar-refractivity contribution is 5.33. The fraction of sp³-hybridized carbons (Fsp3) is 0.600. The van der Waals surface area contributed by atoms with Gasteiger partial charge in [0.15, 0.2) is 0 Å². The van der Waals surface area contributed by atoms with Crippen LogP contribution >= 0.6 is 0 Å². The van der Waals surface area contributed by atoms with E-state index < -0.39 is 0 Å². The molecule has 2 nitrogen and oxygen atoms in total. The summed E-state index contributed by atoms with van der Waals surface area (Å²) in [7, 11) is 0. The van der Waals surface area contributed by atoms with E-state index in [0.29, 0.717) is 11.3 Å². The molecule has 3 heteroatoms. The molecule has 18 heavy (non-hydrogen) atoms. The molecule has 0 heterocycles. The van der Waals surface area contributed by atoms with E-state index in [1.807, 2.05) is 6.92 Å². The first-order valence-corrected chi connectivity index (χ1v) is 6.73. The number of aliphatic hydroxyl groups is 1. The zero-order valence-electron chi connectivity index (χ0n) is 11.3. The zero-order chi connectivity index (χ0) is 13.4. The van der Waals surface area contributed by atoms with Crippen LogP contribution in [0.3, 0.4) is 0 Å². The van der Waals surface area contributed by atoms with Gasteiger partial charge in [-0.25, -0.2) is 4.39 Å². The topological polar surface area (TPSA) is 29.5 Å². The molecule has 0 aliphatic rings. The second-order valence-electron chi connectivity index (χ2n) is 4.69. The molecule has 0 aliphatic carbocycles. The largest absolute Gasteiger partial charge is 0.490 e. The SMILES string of the molecule is CCCCCCC(C)Oc1ccc(F)cc1CO. The van der Waals surface area contributed by atoms with E-state index in [9.17, 15) is 4.39 Å². The molecule has 1 rings (SSSR count). The van der Waals surface area contributed by atoms with Gasteiger partial charge in [-0.15, -0.1) is 0 Å². The van der Waals surface area contributed by atoms with Crippen molar-refractivity contribution in [2.75, 3.05) is 0 Å². The van der Waals surface area contributed by atoms with Gasteiger partial charge in [0.25, 0.3) is 0 Å². The number of unbranched alkanes of at least 4 members (excludes halogenated alkanes) is 3. The molecule has 0 aromatic heterocycles. The Balaban J connectivity index is 2.45. The maximum Gasteiger partial charge on any atom is 0.125 e. The van der Waals surface area contributed by atoms with Crippen molar-refractivity contribution in [3.05, 3.63) is 29.6 Å². The van der Waals surface area contributed by atoms with Crippen molar-refractivity contribution in [1.82, 2.24) is 0 Å². The number of benzene rings is 1. The van der Waals surface area contributed by atoms with E-state index in [0.717, 1.165) is 12.8 Å². The Kier molecular flexibility index (Phi) is 6.73. The number of halogens is 1. The van der Waals surface area contributed by atoms with Gasteiger partial charge in [-0.3, -0.25) is 0 Å². The van der Waals surface area contributed by atoms with Gasteiger partial charge in [-0.05, 0) is 38.0 Å². The van der Waals surface area contributed by atoms with Crippen LogP contribution in [0.5, 0.6) is 5.75 Å². The molecule has 1 aromatic carbocycles. The molecule has 0 aliphatic heterocycles. The lowest BCUT2D eigenvalue weighted by Crippen LogP contribution is -2.12. The van der Waals surface area contributed by atoms with Crippen LogP contribution in [0, 0.1) is 5.82 Å². The van der Waals surface area contributed by atoms with Gasteiger partial charge in [0.2, 0.25) is 0 Å². The van der Waals surface area contributed by atoms with Crippen molar-refractivity contribution in [1.29, 1.82) is 0 Å². The second-order valence-corrected chi connectivity index (χ2v) is 4.69. The highest BCUT2D eigenvalue weighted by Crippen LogP contribution is 2.22. The molecular weight excluding hydrogens is 231 g/mol. The standard InChI is InChI=1S/C15H23FO2/c1-3-4-5-6-7-12(2)18-15-9-8-14(16)10-13(15)11-17/h8-10,12,17H,3-7,11H2,1-2H3. The Morgan fingerprint density at radius 2 is 2.06 bits per heavy atom. The highest BCUT2D eigenvalue weighted by Gasteiger charge is 2.09. The van der Waals surface area contributed by atoms with Crippen molar-refractivity contribution in [2.24, 2.45) is 0 Å². The zero-order valence-corrected chi connectivity index (χ0v) is 11.3. The lowest BCUT2D eigenvalue weighted by atomic mass is 10.1. The summed E-state index contributed by atoms with van der Waals surface area (Å²) in [6.07, 6.45) is 5.93. The molecule has 1 unspecified atom stereocenters. The highest BCUT2D eigenvalue weighted by atomic mass is 19.1. The van der Waals surface area contributed by atoms with Crippen LogP contribution in [0.25, 0.3) is 0 Å². The molecule has 1 aromatic rings. The van der Waals surface area contributed by atoms with Crippen LogP contribution < -0.4 is 4.74 Å². The number of rotatable bonds is 8. The first kappa shape index (κ1) is 15.0. The minimum Gasteiger partial charge on any atom is -0.490 e. The summed E-state index contributed by atoms with van der Waals surface area (Å²) in [5, 5.41) is 9.16. The third-order valence-electron chi connectivity index (χ3n) is 2.99. The number of aliphatic hydroxyl groups excluding tert-OH is 1. The van der Waals surface area contributed by atoms with Gasteiger partial charge in [-0.2, -0.15) is 0 Å². The fourth-order valence-corrected chi connectivity index (χ4v) is 1.92. The van der Waals surface area contributed by atoms with Gasteiger partial charge in [-0.1, -0.05) is 26.2 Å². The monoisotopic (exact) mass is 254 g/mol. The molecule has 1 N–H and O–H groups in total. The predicted octanol–water partition coefficient (Wildman–Crippen LogP) is 4.06. The molecule has 0 saturated heterocycles. The van der Waals surface area contributed by atoms with E-state index in [-0.39, 0.29) is 18.5 Å². The number of hydrogen-bond acceptors (Lipinski definition) is 2. The van der Waals surface area contributed by atoms with Crippen LogP contribution in [0.4, 0.5) is 4.39 Å². The van der Waals surface area contributed by atoms with Crippen molar-refractivity contribution in [3.8, 4) is 5.75 Å². The quantitative estimate of drug-likeness (QED) is 0.709. The summed E-state index contributed by atoms with van der Waals surface area (Å²) in [5.41, 5.74) is 0.510. The summed E-state index contributed by atoms with van der Waals surface area (Å²) in [5.74, 6) is 0.240. The van der Waals surface area contributed by atoms with Crippen LogP contribution in [0.2, 0.25) is 0 Å². The molecule has 0 fully saturated rings. The fourth-order valence-electron chi connectivity index (χ4n) is 1.92. The lowest BCUT2D eigenvalue weighted by Gasteiger charge is -2.16. The molecule has 1 atom stereocenters. The minimum atomic E-state index is -0.345. The van der Waals surface area contributed by atoms with Crippen LogP contribution in [0.15, 0.2) is 18.2 Å². The molecule has 0 saturated carbocycles. The first-order chi connectivity index (χ1) is 8.67. The average molecular weight is 254 g/mol. The van der Waals surface area contributed by atoms with Gasteiger partial charge in [0.1, 0.15) is 11.6 Å². The van der Waals surface area contributed by atoms with E-state index in [4.69, 9.17) is 9.84 Å². The van der Waals surface area contributed by atoms with E-state index in [2.05, 4.69) is 6.92 Å². The Bertz CT molecular complexity index is 352. The summed E-state index contributed by atoms with van der Waals surface area (Å²) >= 11 is 0. The van der Waals surface area contributed by atoms with Gasteiger partial charge < -0.3 is 9.84 Å². The maximum absolute atomic E-state index is 13.0. The Morgan fingerprint density at radius 3 is 2.72 bits per heavy atom. The van der Waals surface area contributed by atoms with Gasteiger partial charge >= 0.3 is 0 Å². The average Bonchev–Trinajstić information content (AvgIpc) is 2.37. The Hall–Kier alpha value is -1.09. The van der Waals surface area contributed by atoms with Gasteiger partial charge in [0, 0.05) is 5.56 Å². The van der Waals surface area contributed by atoms with Crippen molar-refractivity contribution in [2.45, 2.75) is 58.7 Å². The summed E-state index contributed by atoms with van der Waals surface area (Å²) in [6.45, 7) is 4.00. The smallest absolute Gasteiger partial charge is 0.125 e. The van der Waals surface area contributed by atoms with Crippen LogP contribution in [-0.4, -0.2) is 11.2 Å². The second kappa shape index (κ2) is 8.09. The minimum absolute atomic E-state index is 0.0950. The Morgan fingerprint density at radius 1 is 1.28 bits per heavy atom. The number of ether oxygens (including phenoxy) is 1. The summed E-state index contributed by atoms with van der Waals surface area (Å²) < 4.78 is 18.7. The molecule has 0 amide bonds. The lowest BCUT2D eigenvalue weighted by molar-refractivity contribution is 0.196. The van der Waals surface area contributed by atoms with Crippen molar-refractivity contribution < 1.29 is 14.2 Å². The molecule has 102 valence electrons.